The van der Waals surface area contributed by atoms with E-state index < -0.39 is 0 Å². The molecule has 0 bridgehead atoms. The third-order valence-electron chi connectivity index (χ3n) is 3.29. The van der Waals surface area contributed by atoms with Crippen molar-refractivity contribution >= 4 is 29.1 Å². The van der Waals surface area contributed by atoms with Crippen LogP contribution >= 0.6 is 23.2 Å². The van der Waals surface area contributed by atoms with Gasteiger partial charge in [-0.2, -0.15) is 0 Å². The zero-order chi connectivity index (χ0) is 12.6. The van der Waals surface area contributed by atoms with Gasteiger partial charge in [-0.3, -0.25) is 4.79 Å². The van der Waals surface area contributed by atoms with Crippen LogP contribution in [0.5, 0.6) is 0 Å². The van der Waals surface area contributed by atoms with E-state index in [1.54, 1.807) is 12.1 Å². The third kappa shape index (κ3) is 2.72. The first-order valence-electron chi connectivity index (χ1n) is 5.59. The number of aromatic nitrogens is 1. The minimum Gasteiger partial charge on any atom is -0.338 e. The lowest BCUT2D eigenvalue weighted by Crippen LogP contribution is -2.28. The summed E-state index contributed by atoms with van der Waals surface area (Å²) in [6.45, 7) is 5.89. The van der Waals surface area contributed by atoms with Gasteiger partial charge in [-0.25, -0.2) is 4.98 Å². The van der Waals surface area contributed by atoms with Crippen LogP contribution in [-0.4, -0.2) is 28.9 Å². The topological polar surface area (TPSA) is 33.2 Å². The minimum absolute atomic E-state index is 0.0209. The monoisotopic (exact) mass is 272 g/mol. The van der Waals surface area contributed by atoms with Gasteiger partial charge in [0, 0.05) is 18.7 Å². The standard InChI is InChI=1S/C12H14Cl2N2O/c1-7-5-16(6-8(7)2)12(17)9-3-10(13)15-11(14)4-9/h3-4,7-8H,5-6H2,1-2H3. The molecular formula is C12H14Cl2N2O. The fourth-order valence-corrected chi connectivity index (χ4v) is 2.53. The number of hydrogen-bond donors (Lipinski definition) is 0. The highest BCUT2D eigenvalue weighted by atomic mass is 35.5. The molecule has 0 aromatic carbocycles. The molecule has 2 heterocycles. The molecule has 5 heteroatoms. The molecule has 1 amide bonds. The highest BCUT2D eigenvalue weighted by Gasteiger charge is 2.30. The van der Waals surface area contributed by atoms with Crippen LogP contribution in [0.4, 0.5) is 0 Å². The smallest absolute Gasteiger partial charge is 0.254 e. The Bertz CT molecular complexity index is 420. The summed E-state index contributed by atoms with van der Waals surface area (Å²) in [6, 6.07) is 3.12. The lowest BCUT2D eigenvalue weighted by Gasteiger charge is -2.16. The predicted molar refractivity (Wildman–Crippen MR) is 68.5 cm³/mol. The van der Waals surface area contributed by atoms with Gasteiger partial charge in [0.15, 0.2) is 0 Å². The van der Waals surface area contributed by atoms with Crippen molar-refractivity contribution in [3.05, 3.63) is 28.0 Å². The highest BCUT2D eigenvalue weighted by molar-refractivity contribution is 6.33. The van der Waals surface area contributed by atoms with Gasteiger partial charge in [-0.1, -0.05) is 37.0 Å². The number of hydrogen-bond acceptors (Lipinski definition) is 2. The molecule has 0 aliphatic carbocycles. The van der Waals surface area contributed by atoms with Crippen LogP contribution in [0, 0.1) is 11.8 Å². The second-order valence-corrected chi connectivity index (χ2v) is 5.44. The van der Waals surface area contributed by atoms with E-state index in [9.17, 15) is 4.79 Å². The zero-order valence-electron chi connectivity index (χ0n) is 9.78. The molecule has 1 fully saturated rings. The summed E-state index contributed by atoms with van der Waals surface area (Å²) < 4.78 is 0. The van der Waals surface area contributed by atoms with E-state index in [0.717, 1.165) is 13.1 Å². The molecule has 3 nitrogen and oxygen atoms in total. The molecule has 1 saturated heterocycles. The summed E-state index contributed by atoms with van der Waals surface area (Å²) in [5.74, 6) is 1.05. The van der Waals surface area contributed by atoms with Gasteiger partial charge >= 0.3 is 0 Å². The highest BCUT2D eigenvalue weighted by Crippen LogP contribution is 2.25. The minimum atomic E-state index is -0.0209. The summed E-state index contributed by atoms with van der Waals surface area (Å²) >= 11 is 11.6. The second kappa shape index (κ2) is 4.83. The Labute approximate surface area is 111 Å². The molecule has 0 saturated carbocycles. The van der Waals surface area contributed by atoms with Crippen LogP contribution < -0.4 is 0 Å². The van der Waals surface area contributed by atoms with Gasteiger partial charge in [0.1, 0.15) is 10.3 Å². The van der Waals surface area contributed by atoms with Gasteiger partial charge in [0.05, 0.1) is 0 Å². The number of pyridine rings is 1. The van der Waals surface area contributed by atoms with Crippen LogP contribution in [0.15, 0.2) is 12.1 Å². The number of nitrogens with zero attached hydrogens (tertiary/aromatic N) is 2. The fourth-order valence-electron chi connectivity index (χ4n) is 2.07. The van der Waals surface area contributed by atoms with Gasteiger partial charge in [0.2, 0.25) is 0 Å². The Balaban J connectivity index is 2.20. The zero-order valence-corrected chi connectivity index (χ0v) is 11.3. The van der Waals surface area contributed by atoms with E-state index in [0.29, 0.717) is 17.4 Å². The van der Waals surface area contributed by atoms with Crippen molar-refractivity contribution in [2.24, 2.45) is 11.8 Å². The van der Waals surface area contributed by atoms with Crippen LogP contribution in [0.3, 0.4) is 0 Å². The van der Waals surface area contributed by atoms with Crippen molar-refractivity contribution in [3.63, 3.8) is 0 Å². The first-order valence-corrected chi connectivity index (χ1v) is 6.35. The molecule has 1 aromatic heterocycles. The normalized spacial score (nSPS) is 24.1. The molecule has 1 aliphatic rings. The number of rotatable bonds is 1. The van der Waals surface area contributed by atoms with Crippen molar-refractivity contribution in [1.82, 2.24) is 9.88 Å². The number of amides is 1. The Kier molecular flexibility index (Phi) is 3.59. The summed E-state index contributed by atoms with van der Waals surface area (Å²) in [7, 11) is 0. The maximum atomic E-state index is 12.2. The molecule has 0 spiro atoms. The molecule has 2 atom stereocenters. The lowest BCUT2D eigenvalue weighted by molar-refractivity contribution is 0.0785. The van der Waals surface area contributed by atoms with Gasteiger partial charge in [-0.05, 0) is 24.0 Å². The van der Waals surface area contributed by atoms with Crippen molar-refractivity contribution in [2.75, 3.05) is 13.1 Å². The van der Waals surface area contributed by atoms with E-state index >= 15 is 0 Å². The molecule has 0 radical (unpaired) electrons. The average molecular weight is 273 g/mol. The largest absolute Gasteiger partial charge is 0.338 e. The van der Waals surface area contributed by atoms with Crippen molar-refractivity contribution < 1.29 is 4.79 Å². The lowest BCUT2D eigenvalue weighted by atomic mass is 10.0. The summed E-state index contributed by atoms with van der Waals surface area (Å²) in [4.78, 5) is 17.9. The summed E-state index contributed by atoms with van der Waals surface area (Å²) in [6.07, 6.45) is 0. The Morgan fingerprint density at radius 2 is 1.71 bits per heavy atom. The Morgan fingerprint density at radius 3 is 2.18 bits per heavy atom. The van der Waals surface area contributed by atoms with E-state index in [-0.39, 0.29) is 16.2 Å². The second-order valence-electron chi connectivity index (χ2n) is 4.67. The quantitative estimate of drug-likeness (QED) is 0.736. The van der Waals surface area contributed by atoms with Crippen molar-refractivity contribution in [3.8, 4) is 0 Å². The molecule has 0 N–H and O–H groups in total. The van der Waals surface area contributed by atoms with Crippen molar-refractivity contribution in [2.45, 2.75) is 13.8 Å². The number of carbonyl (C=O) groups excluding carboxylic acids is 1. The molecule has 92 valence electrons. The van der Waals surface area contributed by atoms with Gasteiger partial charge < -0.3 is 4.90 Å². The van der Waals surface area contributed by atoms with Gasteiger partial charge in [-0.15, -0.1) is 0 Å². The molecule has 1 aromatic rings. The predicted octanol–water partition coefficient (Wildman–Crippen LogP) is 3.12. The Morgan fingerprint density at radius 1 is 1.24 bits per heavy atom. The third-order valence-corrected chi connectivity index (χ3v) is 3.67. The number of carbonyl (C=O) groups is 1. The first-order chi connectivity index (χ1) is 7.97. The first kappa shape index (κ1) is 12.7. The fraction of sp³-hybridized carbons (Fsp3) is 0.500. The van der Waals surface area contributed by atoms with Crippen molar-refractivity contribution in [1.29, 1.82) is 0 Å². The SMILES string of the molecule is CC1CN(C(=O)c2cc(Cl)nc(Cl)c2)CC1C. The number of likely N-dealkylation sites (tertiary alicyclic amines) is 1. The molecule has 2 unspecified atom stereocenters. The van der Waals surface area contributed by atoms with E-state index in [1.807, 2.05) is 4.90 Å². The van der Waals surface area contributed by atoms with E-state index in [2.05, 4.69) is 18.8 Å². The molecule has 2 rings (SSSR count). The molecule has 1 aliphatic heterocycles. The molecule has 17 heavy (non-hydrogen) atoms. The maximum absolute atomic E-state index is 12.2. The molecular weight excluding hydrogens is 259 g/mol. The summed E-state index contributed by atoms with van der Waals surface area (Å²) in [5.41, 5.74) is 0.510. The maximum Gasteiger partial charge on any atom is 0.254 e. The van der Waals surface area contributed by atoms with Crippen LogP contribution in [0.1, 0.15) is 24.2 Å². The average Bonchev–Trinajstić information content (AvgIpc) is 2.57. The van der Waals surface area contributed by atoms with Gasteiger partial charge in [0.25, 0.3) is 5.91 Å². The van der Waals surface area contributed by atoms with Crippen LogP contribution in [-0.2, 0) is 0 Å². The summed E-state index contributed by atoms with van der Waals surface area (Å²) in [5, 5.41) is 0.502. The van der Waals surface area contributed by atoms with Crippen LogP contribution in [0.2, 0.25) is 10.3 Å². The van der Waals surface area contributed by atoms with E-state index in [1.165, 1.54) is 0 Å². The Hall–Kier alpha value is -0.800. The van der Waals surface area contributed by atoms with E-state index in [4.69, 9.17) is 23.2 Å². The van der Waals surface area contributed by atoms with Crippen LogP contribution in [0.25, 0.3) is 0 Å². The number of halogens is 2.